The number of carbonyl (C=O) groups excluding carboxylic acids is 4. The number of benzene rings is 2. The van der Waals surface area contributed by atoms with Crippen LogP contribution < -0.4 is 16.0 Å². The molecule has 0 aliphatic carbocycles. The van der Waals surface area contributed by atoms with Crippen LogP contribution in [0.2, 0.25) is 10.0 Å². The van der Waals surface area contributed by atoms with Crippen molar-refractivity contribution >= 4 is 52.6 Å². The zero-order chi connectivity index (χ0) is 24.6. The van der Waals surface area contributed by atoms with Crippen molar-refractivity contribution in [2.75, 3.05) is 11.4 Å². The number of imide groups is 1. The van der Waals surface area contributed by atoms with E-state index >= 15 is 0 Å². The van der Waals surface area contributed by atoms with Crippen molar-refractivity contribution in [2.45, 2.75) is 30.8 Å². The van der Waals surface area contributed by atoms with Crippen molar-refractivity contribution in [1.82, 2.24) is 10.2 Å². The van der Waals surface area contributed by atoms with E-state index in [4.69, 9.17) is 34.2 Å². The van der Waals surface area contributed by atoms with Crippen LogP contribution in [-0.4, -0.2) is 46.8 Å². The SMILES string of the molecule is N#Cc1ccc(C[C@@]23C[C@H](NC(=O)CC(N)=O)CN2C(=O)N(c2cc(Cl)cc(Cl)c2)C3=O)cc1. The van der Waals surface area contributed by atoms with Gasteiger partial charge in [0.15, 0.2) is 0 Å². The summed E-state index contributed by atoms with van der Waals surface area (Å²) in [6.07, 6.45) is -0.197. The Labute approximate surface area is 205 Å². The normalized spacial score (nSPS) is 21.4. The van der Waals surface area contributed by atoms with Crippen LogP contribution in [0.1, 0.15) is 24.0 Å². The lowest BCUT2D eigenvalue weighted by Gasteiger charge is -2.28. The summed E-state index contributed by atoms with van der Waals surface area (Å²) in [6.45, 7) is 0.0656. The number of urea groups is 1. The van der Waals surface area contributed by atoms with Gasteiger partial charge in [0.25, 0.3) is 5.91 Å². The van der Waals surface area contributed by atoms with Gasteiger partial charge in [-0.2, -0.15) is 5.26 Å². The molecular weight excluding hydrogens is 481 g/mol. The smallest absolute Gasteiger partial charge is 0.332 e. The molecule has 0 bridgehead atoms. The van der Waals surface area contributed by atoms with Crippen LogP contribution in [0.3, 0.4) is 0 Å². The topological polar surface area (TPSA) is 137 Å². The number of amides is 5. The maximum atomic E-state index is 13.8. The third-order valence-electron chi connectivity index (χ3n) is 5.91. The third kappa shape index (κ3) is 4.30. The van der Waals surface area contributed by atoms with E-state index in [0.29, 0.717) is 5.56 Å². The van der Waals surface area contributed by atoms with Crippen LogP contribution in [0.5, 0.6) is 0 Å². The largest absolute Gasteiger partial charge is 0.369 e. The number of nitrogens with zero attached hydrogens (tertiary/aromatic N) is 3. The summed E-state index contributed by atoms with van der Waals surface area (Å²) in [7, 11) is 0. The number of rotatable bonds is 6. The second-order valence-electron chi connectivity index (χ2n) is 8.29. The third-order valence-corrected chi connectivity index (χ3v) is 6.35. The number of halogens is 2. The molecule has 0 saturated carbocycles. The fourth-order valence-corrected chi connectivity index (χ4v) is 5.08. The molecule has 0 aromatic heterocycles. The van der Waals surface area contributed by atoms with Gasteiger partial charge in [0.05, 0.1) is 17.3 Å². The first-order valence-electron chi connectivity index (χ1n) is 10.3. The summed E-state index contributed by atoms with van der Waals surface area (Å²) in [6, 6.07) is 12.1. The fraction of sp³-hybridized carbons (Fsp3) is 0.261. The average Bonchev–Trinajstić information content (AvgIpc) is 3.19. The minimum Gasteiger partial charge on any atom is -0.369 e. The Morgan fingerprint density at radius 3 is 2.38 bits per heavy atom. The highest BCUT2D eigenvalue weighted by atomic mass is 35.5. The van der Waals surface area contributed by atoms with E-state index in [0.717, 1.165) is 10.5 Å². The second-order valence-corrected chi connectivity index (χ2v) is 9.16. The van der Waals surface area contributed by atoms with Crippen molar-refractivity contribution in [2.24, 2.45) is 5.73 Å². The van der Waals surface area contributed by atoms with E-state index in [1.54, 1.807) is 24.3 Å². The first-order valence-corrected chi connectivity index (χ1v) is 11.1. The number of nitrogens with one attached hydrogen (secondary N) is 1. The minimum atomic E-state index is -1.29. The molecule has 0 radical (unpaired) electrons. The van der Waals surface area contributed by atoms with E-state index in [-0.39, 0.29) is 35.1 Å². The number of fused-ring (bicyclic) bond motifs is 1. The standard InChI is InChI=1S/C23H19Cl2N5O4/c24-15-5-16(25)7-18(6-15)30-21(33)23(9-13-1-3-14(11-26)4-2-13)10-17(12-29(23)22(30)34)28-20(32)8-19(27)31/h1-7,17H,8-10,12H2,(H2,27,31)(H,28,32)/t17-,23-/m0/s1. The lowest BCUT2D eigenvalue weighted by atomic mass is 9.86. The first-order chi connectivity index (χ1) is 16.1. The molecule has 2 fully saturated rings. The number of nitriles is 1. The molecule has 2 heterocycles. The Morgan fingerprint density at radius 1 is 1.15 bits per heavy atom. The van der Waals surface area contributed by atoms with Gasteiger partial charge in [-0.05, 0) is 35.9 Å². The number of nitrogens with two attached hydrogens (primary N) is 1. The maximum absolute atomic E-state index is 13.8. The highest BCUT2D eigenvalue weighted by Gasteiger charge is 2.62. The molecule has 9 nitrogen and oxygen atoms in total. The second kappa shape index (κ2) is 8.97. The Morgan fingerprint density at radius 2 is 1.79 bits per heavy atom. The van der Waals surface area contributed by atoms with Crippen LogP contribution in [0.15, 0.2) is 42.5 Å². The van der Waals surface area contributed by atoms with Gasteiger partial charge in [0.2, 0.25) is 11.8 Å². The van der Waals surface area contributed by atoms with Gasteiger partial charge in [-0.25, -0.2) is 9.69 Å². The van der Waals surface area contributed by atoms with Gasteiger partial charge < -0.3 is 16.0 Å². The molecule has 5 amide bonds. The lowest BCUT2D eigenvalue weighted by molar-refractivity contribution is -0.128. The van der Waals surface area contributed by atoms with Crippen LogP contribution in [0, 0.1) is 11.3 Å². The van der Waals surface area contributed by atoms with E-state index in [9.17, 15) is 19.2 Å². The summed E-state index contributed by atoms with van der Waals surface area (Å²) in [5.74, 6) is -1.84. The van der Waals surface area contributed by atoms with Crippen LogP contribution in [0.4, 0.5) is 10.5 Å². The van der Waals surface area contributed by atoms with Crippen molar-refractivity contribution in [1.29, 1.82) is 5.26 Å². The molecule has 4 rings (SSSR count). The van der Waals surface area contributed by atoms with Gasteiger partial charge in [-0.15, -0.1) is 0 Å². The Bertz CT molecular complexity index is 1220. The molecule has 2 aromatic carbocycles. The number of carbonyl (C=O) groups is 4. The zero-order valence-electron chi connectivity index (χ0n) is 17.8. The molecule has 3 N–H and O–H groups in total. The van der Waals surface area contributed by atoms with Crippen LogP contribution >= 0.6 is 23.2 Å². The summed E-state index contributed by atoms with van der Waals surface area (Å²) < 4.78 is 0. The molecule has 2 saturated heterocycles. The molecule has 2 aromatic rings. The van der Waals surface area contributed by atoms with E-state index in [1.165, 1.54) is 23.1 Å². The van der Waals surface area contributed by atoms with Crippen LogP contribution in [0.25, 0.3) is 0 Å². The maximum Gasteiger partial charge on any atom is 0.332 e. The molecular formula is C23H19Cl2N5O4. The van der Waals surface area contributed by atoms with Gasteiger partial charge in [-0.1, -0.05) is 35.3 Å². The fourth-order valence-electron chi connectivity index (χ4n) is 4.56. The van der Waals surface area contributed by atoms with Gasteiger partial charge in [0, 0.05) is 35.5 Å². The quantitative estimate of drug-likeness (QED) is 0.464. The summed E-state index contributed by atoms with van der Waals surface area (Å²) in [4.78, 5) is 52.9. The molecule has 11 heteroatoms. The van der Waals surface area contributed by atoms with E-state index < -0.39 is 41.8 Å². The Balaban J connectivity index is 1.70. The molecule has 2 aliphatic rings. The van der Waals surface area contributed by atoms with Gasteiger partial charge in [0.1, 0.15) is 12.0 Å². The Kier molecular flexibility index (Phi) is 6.21. The molecule has 174 valence electrons. The predicted octanol–water partition coefficient (Wildman–Crippen LogP) is 2.38. The number of primary amides is 1. The summed E-state index contributed by atoms with van der Waals surface area (Å²) in [5, 5.41) is 12.3. The minimum absolute atomic E-state index is 0.0656. The Hall–Kier alpha value is -3.61. The van der Waals surface area contributed by atoms with Gasteiger partial charge in [-0.3, -0.25) is 14.4 Å². The molecule has 34 heavy (non-hydrogen) atoms. The first kappa shape index (κ1) is 23.5. The van der Waals surface area contributed by atoms with Gasteiger partial charge >= 0.3 is 6.03 Å². The zero-order valence-corrected chi connectivity index (χ0v) is 19.3. The number of hydrogen-bond donors (Lipinski definition) is 2. The summed E-state index contributed by atoms with van der Waals surface area (Å²) in [5.41, 5.74) is 5.25. The molecule has 2 aliphatic heterocycles. The number of hydrogen-bond acceptors (Lipinski definition) is 5. The van der Waals surface area contributed by atoms with E-state index in [1.807, 2.05) is 6.07 Å². The van der Waals surface area contributed by atoms with Crippen LogP contribution in [-0.2, 0) is 20.8 Å². The van der Waals surface area contributed by atoms with Crippen molar-refractivity contribution < 1.29 is 19.2 Å². The molecule has 0 unspecified atom stereocenters. The number of anilines is 1. The van der Waals surface area contributed by atoms with Crippen molar-refractivity contribution in [3.63, 3.8) is 0 Å². The van der Waals surface area contributed by atoms with Crippen molar-refractivity contribution in [3.05, 3.63) is 63.6 Å². The molecule has 2 atom stereocenters. The summed E-state index contributed by atoms with van der Waals surface area (Å²) >= 11 is 12.2. The van der Waals surface area contributed by atoms with Crippen molar-refractivity contribution in [3.8, 4) is 6.07 Å². The predicted molar refractivity (Wildman–Crippen MR) is 124 cm³/mol. The van der Waals surface area contributed by atoms with E-state index in [2.05, 4.69) is 5.32 Å². The average molecular weight is 500 g/mol. The molecule has 0 spiro atoms. The monoisotopic (exact) mass is 499 g/mol. The highest BCUT2D eigenvalue weighted by molar-refractivity contribution is 6.35. The highest BCUT2D eigenvalue weighted by Crippen LogP contribution is 2.43. The lowest BCUT2D eigenvalue weighted by Crippen LogP contribution is -2.47.